The van der Waals surface area contributed by atoms with E-state index in [0.29, 0.717) is 0 Å². The summed E-state index contributed by atoms with van der Waals surface area (Å²) in [6.07, 6.45) is 0. The third-order valence-corrected chi connectivity index (χ3v) is 1.42. The van der Waals surface area contributed by atoms with Crippen LogP contribution in [0.2, 0.25) is 0 Å². The fraction of sp³-hybridized carbons (Fsp3) is 0. The van der Waals surface area contributed by atoms with Gasteiger partial charge in [-0.2, -0.15) is 0 Å². The summed E-state index contributed by atoms with van der Waals surface area (Å²) in [6, 6.07) is 0. The Balaban J connectivity index is 2.30. The van der Waals surface area contributed by atoms with Gasteiger partial charge in [-0.1, -0.05) is 0 Å². The summed E-state index contributed by atoms with van der Waals surface area (Å²) in [5, 5.41) is 0. The number of hydrogen-bond acceptors (Lipinski definition) is 1. The summed E-state index contributed by atoms with van der Waals surface area (Å²) in [5.74, 6) is 0. The van der Waals surface area contributed by atoms with Gasteiger partial charge in [0.05, 0.1) is 0 Å². The molecule has 0 saturated heterocycles. The molecule has 0 N–H and O–H groups in total. The standard InChI is InChI=1S/BH5NPSi/c1-2-3-4/h1,3H,4H3. The van der Waals surface area contributed by atoms with Crippen molar-refractivity contribution in [3.63, 3.8) is 0 Å². The van der Waals surface area contributed by atoms with Crippen molar-refractivity contribution >= 4 is 25.8 Å². The zero-order valence-electron chi connectivity index (χ0n) is 2.65. The first-order valence-electron chi connectivity index (χ1n) is 1.04. The molecule has 0 spiro atoms. The first-order chi connectivity index (χ1) is 1.91. The third-order valence-electron chi connectivity index (χ3n) is 0.158. The van der Waals surface area contributed by atoms with Crippen LogP contribution < -0.4 is 0 Å². The molecule has 0 aliphatic carbocycles. The van der Waals surface area contributed by atoms with Gasteiger partial charge in [-0.3, -0.25) is 0 Å². The molecule has 1 unspecified atom stereocenters. The Labute approximate surface area is 31.4 Å². The Morgan fingerprint density at radius 2 is 2.25 bits per heavy atom. The second-order valence-electron chi connectivity index (χ2n) is 0.382. The van der Waals surface area contributed by atoms with Gasteiger partial charge in [0.2, 0.25) is 0 Å². The molecule has 0 heterocycles. The molecular weight excluding hydrogens is 83.9 g/mol. The predicted octanol–water partition coefficient (Wildman–Crippen LogP) is -1.06. The van der Waals surface area contributed by atoms with E-state index in [1.165, 1.54) is 9.91 Å². The third kappa shape index (κ3) is 2.51. The van der Waals surface area contributed by atoms with Gasteiger partial charge in [-0.25, -0.2) is 0 Å². The van der Waals surface area contributed by atoms with Gasteiger partial charge in [-0.15, -0.1) is 0 Å². The van der Waals surface area contributed by atoms with Gasteiger partial charge in [0.15, 0.2) is 0 Å². The average Bonchev–Trinajstić information content (AvgIpc) is 1.37. The maximum absolute atomic E-state index is 3.58. The van der Waals surface area contributed by atoms with Crippen LogP contribution in [0.5, 0.6) is 0 Å². The Morgan fingerprint density at radius 1 is 2.00 bits per heavy atom. The molecule has 0 aliphatic rings. The zero-order valence-corrected chi connectivity index (χ0v) is 5.65. The van der Waals surface area contributed by atoms with Crippen molar-refractivity contribution in [2.24, 2.45) is 4.67 Å². The SMILES string of the molecule is B=NP[SiH3]. The van der Waals surface area contributed by atoms with Gasteiger partial charge < -0.3 is 0 Å². The average molecular weight is 88.9 g/mol. The Kier molecular flexibility index (Phi) is 3.96. The quantitative estimate of drug-likeness (QED) is 0.287. The van der Waals surface area contributed by atoms with Gasteiger partial charge in [-0.05, 0) is 0 Å². The second kappa shape index (κ2) is 3.51. The van der Waals surface area contributed by atoms with Gasteiger partial charge >= 0.3 is 30.5 Å². The van der Waals surface area contributed by atoms with Crippen LogP contribution in [-0.2, 0) is 0 Å². The molecule has 0 bridgehead atoms. The first-order valence-corrected chi connectivity index (χ1v) is 5.49. The fourth-order valence-electron chi connectivity index (χ4n) is 0. The van der Waals surface area contributed by atoms with E-state index >= 15 is 0 Å². The van der Waals surface area contributed by atoms with Crippen LogP contribution >= 0.6 is 8.28 Å². The topological polar surface area (TPSA) is 12.4 Å². The van der Waals surface area contributed by atoms with E-state index in [2.05, 4.69) is 12.3 Å². The van der Waals surface area contributed by atoms with Gasteiger partial charge in [0.1, 0.15) is 0 Å². The first kappa shape index (κ1) is 4.51. The van der Waals surface area contributed by atoms with Gasteiger partial charge in [0.25, 0.3) is 0 Å². The minimum absolute atomic E-state index is 0.793. The Morgan fingerprint density at radius 3 is 2.25 bits per heavy atom. The van der Waals surface area contributed by atoms with Crippen molar-refractivity contribution in [3.05, 3.63) is 0 Å². The summed E-state index contributed by atoms with van der Waals surface area (Å²) < 4.78 is 3.58. The molecule has 0 saturated carbocycles. The van der Waals surface area contributed by atoms with Crippen LogP contribution in [0.15, 0.2) is 4.67 Å². The number of rotatable bonds is 1. The van der Waals surface area contributed by atoms with E-state index in [-0.39, 0.29) is 0 Å². The summed E-state index contributed by atoms with van der Waals surface area (Å²) in [4.78, 5) is 0. The van der Waals surface area contributed by atoms with Crippen molar-refractivity contribution in [1.82, 2.24) is 0 Å². The van der Waals surface area contributed by atoms with Crippen LogP contribution in [-0.4, -0.2) is 17.5 Å². The summed E-state index contributed by atoms with van der Waals surface area (Å²) in [7, 11) is 5.26. The van der Waals surface area contributed by atoms with E-state index in [1.54, 1.807) is 0 Å². The molecule has 0 aromatic carbocycles. The predicted molar refractivity (Wildman–Crippen MR) is 27.8 cm³/mol. The van der Waals surface area contributed by atoms with E-state index in [9.17, 15) is 0 Å². The molecule has 22 valence electrons. The molecular formula is H5BNPSi. The molecule has 4 heteroatoms. The maximum atomic E-state index is 3.58. The monoisotopic (exact) mass is 89.0 g/mol. The van der Waals surface area contributed by atoms with E-state index in [1.807, 2.05) is 0 Å². The molecule has 0 rings (SSSR count). The van der Waals surface area contributed by atoms with Crippen molar-refractivity contribution in [1.29, 1.82) is 0 Å². The molecule has 0 amide bonds. The van der Waals surface area contributed by atoms with Gasteiger partial charge in [0, 0.05) is 0 Å². The summed E-state index contributed by atoms with van der Waals surface area (Å²) >= 11 is 0. The molecule has 0 radical (unpaired) electrons. The van der Waals surface area contributed by atoms with Crippen molar-refractivity contribution in [2.75, 3.05) is 0 Å². The van der Waals surface area contributed by atoms with Crippen molar-refractivity contribution in [3.8, 4) is 0 Å². The van der Waals surface area contributed by atoms with E-state index in [4.69, 9.17) is 0 Å². The fourth-order valence-corrected chi connectivity index (χ4v) is 0. The van der Waals surface area contributed by atoms with Crippen LogP contribution in [0.4, 0.5) is 0 Å². The second-order valence-corrected chi connectivity index (χ2v) is 2.49. The molecule has 1 atom stereocenters. The van der Waals surface area contributed by atoms with Crippen LogP contribution in [0.3, 0.4) is 0 Å². The van der Waals surface area contributed by atoms with Crippen LogP contribution in [0.1, 0.15) is 0 Å². The zero-order chi connectivity index (χ0) is 3.41. The molecule has 0 fully saturated rings. The van der Waals surface area contributed by atoms with Crippen LogP contribution in [0, 0.1) is 0 Å². The normalized spacial score (nSPS) is 9.75. The van der Waals surface area contributed by atoms with Crippen molar-refractivity contribution in [2.45, 2.75) is 0 Å². The summed E-state index contributed by atoms with van der Waals surface area (Å²) in [5.41, 5.74) is 0. The van der Waals surface area contributed by atoms with Crippen LogP contribution in [0.25, 0.3) is 0 Å². The van der Waals surface area contributed by atoms with Crippen molar-refractivity contribution < 1.29 is 0 Å². The number of hydrogen-bond donors (Lipinski definition) is 0. The minimum atomic E-state index is 0.793. The molecule has 0 aliphatic heterocycles. The molecule has 0 aromatic rings. The molecule has 4 heavy (non-hydrogen) atoms. The Bertz CT molecular complexity index is 22.0. The van der Waals surface area contributed by atoms with E-state index < -0.39 is 0 Å². The van der Waals surface area contributed by atoms with E-state index in [0.717, 1.165) is 8.28 Å². The number of nitrogens with zero attached hydrogens (tertiary/aromatic N) is 1. The molecule has 0 aromatic heterocycles. The molecule has 1 nitrogen and oxygen atoms in total. The Hall–Kier alpha value is 0.512. The summed E-state index contributed by atoms with van der Waals surface area (Å²) in [6.45, 7) is 0.